The van der Waals surface area contributed by atoms with Crippen LogP contribution in [0.25, 0.3) is 0 Å². The molecular weight excluding hydrogens is 440 g/mol. The van der Waals surface area contributed by atoms with Crippen molar-refractivity contribution in [3.05, 3.63) is 70.8 Å². The van der Waals surface area contributed by atoms with E-state index in [-0.39, 0.29) is 30.2 Å². The molecule has 0 aliphatic carbocycles. The van der Waals surface area contributed by atoms with Crippen molar-refractivity contribution in [3.63, 3.8) is 0 Å². The zero-order chi connectivity index (χ0) is 23.9. The van der Waals surface area contributed by atoms with E-state index < -0.39 is 23.5 Å². The van der Waals surface area contributed by atoms with E-state index in [1.807, 2.05) is 35.2 Å². The molecule has 1 aliphatic rings. The predicted octanol–water partition coefficient (Wildman–Crippen LogP) is 5.30. The van der Waals surface area contributed by atoms with Gasteiger partial charge < -0.3 is 14.4 Å². The van der Waals surface area contributed by atoms with Crippen LogP contribution in [-0.4, -0.2) is 37.2 Å². The predicted molar refractivity (Wildman–Crippen MR) is 104 cm³/mol. The van der Waals surface area contributed by atoms with Crippen LogP contribution in [0, 0.1) is 0 Å². The standard InChI is InChI=1S/C12H15NO2.C10H8F6O/c1-10-12(14)13(7-8-15-10)9-11-5-3-2-4-6-11;1-17-5-6-2-7(9(11,12)13)4-8(3-6)10(14,15)16/h2-6,10H,7-9H2,1H3;2-4H,5H2,1H3. The molecule has 0 spiro atoms. The number of amides is 1. The van der Waals surface area contributed by atoms with Gasteiger partial charge in [0.2, 0.25) is 0 Å². The molecule has 3 rings (SSSR count). The number of halogens is 6. The summed E-state index contributed by atoms with van der Waals surface area (Å²) < 4.78 is 84.0. The topological polar surface area (TPSA) is 38.8 Å². The maximum atomic E-state index is 12.4. The first-order valence-corrected chi connectivity index (χ1v) is 9.63. The average Bonchev–Trinajstić information content (AvgIpc) is 2.71. The van der Waals surface area contributed by atoms with Crippen LogP contribution in [0.15, 0.2) is 48.5 Å². The van der Waals surface area contributed by atoms with Crippen LogP contribution in [0.2, 0.25) is 0 Å². The fourth-order valence-corrected chi connectivity index (χ4v) is 3.01. The summed E-state index contributed by atoms with van der Waals surface area (Å²) in [5.74, 6) is 0.0881. The van der Waals surface area contributed by atoms with Gasteiger partial charge in [-0.05, 0) is 36.2 Å². The molecule has 2 aromatic rings. The Kier molecular flexibility index (Phi) is 8.68. The highest BCUT2D eigenvalue weighted by Gasteiger charge is 2.36. The summed E-state index contributed by atoms with van der Waals surface area (Å²) >= 11 is 0. The van der Waals surface area contributed by atoms with E-state index in [0.717, 1.165) is 0 Å². The number of alkyl halides is 6. The number of carbonyl (C=O) groups excluding carboxylic acids is 1. The molecule has 0 bridgehead atoms. The fraction of sp³-hybridized carbons (Fsp3) is 0.409. The third-order valence-electron chi connectivity index (χ3n) is 4.56. The van der Waals surface area contributed by atoms with Gasteiger partial charge >= 0.3 is 12.4 Å². The highest BCUT2D eigenvalue weighted by atomic mass is 19.4. The first kappa shape index (κ1) is 25.7. The Morgan fingerprint density at radius 2 is 1.53 bits per heavy atom. The van der Waals surface area contributed by atoms with Crippen LogP contribution in [-0.2, 0) is 39.8 Å². The van der Waals surface area contributed by atoms with E-state index in [1.165, 1.54) is 12.7 Å². The Morgan fingerprint density at radius 1 is 0.969 bits per heavy atom. The lowest BCUT2D eigenvalue weighted by atomic mass is 10.1. The highest BCUT2D eigenvalue weighted by molar-refractivity contribution is 5.81. The van der Waals surface area contributed by atoms with Crippen LogP contribution in [0.1, 0.15) is 29.2 Å². The van der Waals surface area contributed by atoms with Crippen molar-refractivity contribution < 1.29 is 40.6 Å². The van der Waals surface area contributed by atoms with Gasteiger partial charge in [-0.3, -0.25) is 4.79 Å². The number of nitrogens with zero attached hydrogens (tertiary/aromatic N) is 1. The third kappa shape index (κ3) is 7.52. The quantitative estimate of drug-likeness (QED) is 0.578. The third-order valence-corrected chi connectivity index (χ3v) is 4.56. The molecule has 2 aromatic carbocycles. The minimum absolute atomic E-state index is 0.0825. The van der Waals surface area contributed by atoms with Crippen LogP contribution in [0.4, 0.5) is 26.3 Å². The Hall–Kier alpha value is -2.59. The monoisotopic (exact) mass is 463 g/mol. The maximum Gasteiger partial charge on any atom is 0.416 e. The summed E-state index contributed by atoms with van der Waals surface area (Å²) in [4.78, 5) is 13.6. The van der Waals surface area contributed by atoms with Gasteiger partial charge in [-0.15, -0.1) is 0 Å². The zero-order valence-corrected chi connectivity index (χ0v) is 17.5. The van der Waals surface area contributed by atoms with Crippen molar-refractivity contribution in [1.29, 1.82) is 0 Å². The zero-order valence-electron chi connectivity index (χ0n) is 17.5. The Morgan fingerprint density at radius 3 is 2.03 bits per heavy atom. The first-order chi connectivity index (χ1) is 14.9. The normalized spacial score (nSPS) is 17.1. The van der Waals surface area contributed by atoms with Gasteiger partial charge in [0.15, 0.2) is 0 Å². The Labute approximate surface area is 181 Å². The molecule has 1 unspecified atom stereocenters. The van der Waals surface area contributed by atoms with Gasteiger partial charge in [-0.2, -0.15) is 26.3 Å². The van der Waals surface area contributed by atoms with Crippen molar-refractivity contribution in [2.45, 2.75) is 38.5 Å². The number of methoxy groups -OCH3 is 1. The smallest absolute Gasteiger partial charge is 0.380 e. The molecular formula is C22H23F6NO3. The lowest BCUT2D eigenvalue weighted by Gasteiger charge is -2.30. The highest BCUT2D eigenvalue weighted by Crippen LogP contribution is 2.36. The maximum absolute atomic E-state index is 12.4. The number of benzene rings is 2. The molecule has 1 amide bonds. The van der Waals surface area contributed by atoms with Gasteiger partial charge in [0.05, 0.1) is 24.3 Å². The van der Waals surface area contributed by atoms with Crippen LogP contribution in [0.3, 0.4) is 0 Å². The molecule has 1 heterocycles. The molecule has 0 N–H and O–H groups in total. The van der Waals surface area contributed by atoms with Crippen molar-refractivity contribution >= 4 is 5.91 Å². The second kappa shape index (κ2) is 10.8. The summed E-state index contributed by atoms with van der Waals surface area (Å²) in [7, 11) is 1.19. The minimum atomic E-state index is -4.82. The summed E-state index contributed by atoms with van der Waals surface area (Å²) in [5.41, 5.74) is -1.67. The Bertz CT molecular complexity index is 851. The van der Waals surface area contributed by atoms with Gasteiger partial charge in [0.1, 0.15) is 6.10 Å². The van der Waals surface area contributed by atoms with Crippen molar-refractivity contribution in [1.82, 2.24) is 4.90 Å². The van der Waals surface area contributed by atoms with E-state index in [0.29, 0.717) is 31.8 Å². The molecule has 0 saturated carbocycles. The van der Waals surface area contributed by atoms with E-state index in [4.69, 9.17) is 4.74 Å². The van der Waals surface area contributed by atoms with Gasteiger partial charge in [-0.1, -0.05) is 30.3 Å². The Balaban J connectivity index is 0.000000228. The van der Waals surface area contributed by atoms with Gasteiger partial charge in [0, 0.05) is 20.2 Å². The number of morpholine rings is 1. The van der Waals surface area contributed by atoms with Crippen molar-refractivity contribution in [2.75, 3.05) is 20.3 Å². The van der Waals surface area contributed by atoms with Crippen molar-refractivity contribution in [3.8, 4) is 0 Å². The largest absolute Gasteiger partial charge is 0.416 e. The fourth-order valence-electron chi connectivity index (χ4n) is 3.01. The molecule has 4 nitrogen and oxygen atoms in total. The van der Waals surface area contributed by atoms with E-state index in [9.17, 15) is 31.1 Å². The molecule has 0 radical (unpaired) electrons. The van der Waals surface area contributed by atoms with Gasteiger partial charge in [-0.25, -0.2) is 0 Å². The van der Waals surface area contributed by atoms with Crippen LogP contribution >= 0.6 is 0 Å². The number of hydrogen-bond donors (Lipinski definition) is 0. The van der Waals surface area contributed by atoms with Crippen LogP contribution in [0.5, 0.6) is 0 Å². The van der Waals surface area contributed by atoms with Crippen molar-refractivity contribution in [2.24, 2.45) is 0 Å². The summed E-state index contributed by atoms with van der Waals surface area (Å²) in [6, 6.07) is 11.4. The van der Waals surface area contributed by atoms with Gasteiger partial charge in [0.25, 0.3) is 5.91 Å². The number of rotatable bonds is 4. The molecule has 1 saturated heterocycles. The lowest BCUT2D eigenvalue weighted by Crippen LogP contribution is -2.45. The SMILES string of the molecule is CC1OCCN(Cc2ccccc2)C1=O.COCc1cc(C(F)(F)F)cc(C(F)(F)F)c1. The summed E-state index contributed by atoms with van der Waals surface area (Å²) in [6.07, 6.45) is -9.92. The number of carbonyl (C=O) groups is 1. The van der Waals surface area contributed by atoms with E-state index in [1.54, 1.807) is 6.92 Å². The molecule has 176 valence electrons. The average molecular weight is 463 g/mol. The molecule has 32 heavy (non-hydrogen) atoms. The summed E-state index contributed by atoms with van der Waals surface area (Å²) in [6.45, 7) is 3.51. The molecule has 0 aromatic heterocycles. The second-order valence-electron chi connectivity index (χ2n) is 7.11. The molecule has 1 atom stereocenters. The first-order valence-electron chi connectivity index (χ1n) is 9.63. The number of hydrogen-bond acceptors (Lipinski definition) is 3. The minimum Gasteiger partial charge on any atom is -0.380 e. The molecule has 1 aliphatic heterocycles. The summed E-state index contributed by atoms with van der Waals surface area (Å²) in [5, 5.41) is 0. The second-order valence-corrected chi connectivity index (χ2v) is 7.11. The van der Waals surface area contributed by atoms with Crippen LogP contribution < -0.4 is 0 Å². The molecule has 10 heteroatoms. The molecule has 1 fully saturated rings. The van der Waals surface area contributed by atoms with E-state index >= 15 is 0 Å². The van der Waals surface area contributed by atoms with E-state index in [2.05, 4.69) is 4.74 Å². The lowest BCUT2D eigenvalue weighted by molar-refractivity contribution is -0.152. The number of ether oxygens (including phenoxy) is 2.